The molecular weight excluding hydrogens is 354 g/mol. The van der Waals surface area contributed by atoms with Gasteiger partial charge >= 0.3 is 0 Å². The molecule has 0 aromatic heterocycles. The van der Waals surface area contributed by atoms with E-state index in [4.69, 9.17) is 0 Å². The van der Waals surface area contributed by atoms with Crippen LogP contribution < -0.4 is 4.90 Å². The predicted octanol–water partition coefficient (Wildman–Crippen LogP) is 2.70. The Kier molecular flexibility index (Phi) is 5.82. The normalized spacial score (nSPS) is 20.3. The van der Waals surface area contributed by atoms with Gasteiger partial charge in [0, 0.05) is 50.7 Å². The third-order valence-electron chi connectivity index (χ3n) is 5.52. The summed E-state index contributed by atoms with van der Waals surface area (Å²) in [6.45, 7) is 4.67. The molecule has 0 N–H and O–H groups in total. The summed E-state index contributed by atoms with van der Waals surface area (Å²) in [5.41, 5.74) is 0.389. The number of nitro benzene ring substituents is 1. The molecule has 0 bridgehead atoms. The smallest absolute Gasteiger partial charge is 0.288 e. The van der Waals surface area contributed by atoms with Gasteiger partial charge in [-0.1, -0.05) is 19.3 Å². The zero-order chi connectivity index (χ0) is 18.7. The summed E-state index contributed by atoms with van der Waals surface area (Å²) >= 11 is 0. The molecule has 7 nitrogen and oxygen atoms in total. The summed E-state index contributed by atoms with van der Waals surface area (Å²) in [4.78, 5) is 14.9. The summed E-state index contributed by atoms with van der Waals surface area (Å²) in [7, 11) is -3.65. The molecule has 0 radical (unpaired) electrons. The van der Waals surface area contributed by atoms with E-state index in [0.29, 0.717) is 0 Å². The van der Waals surface area contributed by atoms with Gasteiger partial charge in [0.15, 0.2) is 9.84 Å². The van der Waals surface area contributed by atoms with E-state index in [1.807, 2.05) is 0 Å². The first-order valence-electron chi connectivity index (χ1n) is 9.30. The molecule has 1 aromatic carbocycles. The molecule has 2 fully saturated rings. The molecule has 8 heteroatoms. The van der Waals surface area contributed by atoms with E-state index in [9.17, 15) is 18.5 Å². The molecule has 2 aliphatic rings. The minimum absolute atomic E-state index is 0.204. The first kappa shape index (κ1) is 19.1. The van der Waals surface area contributed by atoms with Gasteiger partial charge in [-0.15, -0.1) is 0 Å². The van der Waals surface area contributed by atoms with Crippen molar-refractivity contribution >= 4 is 21.2 Å². The molecule has 1 aliphatic carbocycles. The Balaban J connectivity index is 1.66. The van der Waals surface area contributed by atoms with E-state index in [1.165, 1.54) is 44.2 Å². The Bertz CT molecular complexity index is 752. The van der Waals surface area contributed by atoms with E-state index in [2.05, 4.69) is 9.80 Å². The molecule has 1 aliphatic heterocycles. The van der Waals surface area contributed by atoms with Gasteiger partial charge in [0.2, 0.25) is 0 Å². The lowest BCUT2D eigenvalue weighted by Crippen LogP contribution is -2.48. The Hall–Kier alpha value is -1.67. The number of nitrogens with zero attached hydrogens (tertiary/aromatic N) is 3. The summed E-state index contributed by atoms with van der Waals surface area (Å²) in [5, 5.41) is 11.1. The van der Waals surface area contributed by atoms with Gasteiger partial charge in [0.1, 0.15) is 4.90 Å². The number of piperazine rings is 1. The minimum atomic E-state index is -3.65. The molecular formula is C18H27N3O4S. The largest absolute Gasteiger partial charge is 0.369 e. The maximum absolute atomic E-state index is 11.9. The lowest BCUT2D eigenvalue weighted by molar-refractivity contribution is -0.387. The first-order chi connectivity index (χ1) is 12.3. The van der Waals surface area contributed by atoms with Gasteiger partial charge in [-0.3, -0.25) is 15.0 Å². The van der Waals surface area contributed by atoms with Gasteiger partial charge in [-0.25, -0.2) is 8.42 Å². The summed E-state index contributed by atoms with van der Waals surface area (Å²) in [5.74, 6) is 0.812. The van der Waals surface area contributed by atoms with Gasteiger partial charge in [-0.2, -0.15) is 0 Å². The highest BCUT2D eigenvalue weighted by molar-refractivity contribution is 7.90. The van der Waals surface area contributed by atoms with E-state index in [1.54, 1.807) is 6.07 Å². The molecule has 1 aromatic rings. The van der Waals surface area contributed by atoms with Crippen LogP contribution in [0.4, 0.5) is 11.4 Å². The van der Waals surface area contributed by atoms with Crippen LogP contribution in [-0.4, -0.2) is 57.2 Å². The number of hydrogen-bond donors (Lipinski definition) is 0. The molecule has 1 saturated carbocycles. The number of rotatable bonds is 5. The third-order valence-corrected chi connectivity index (χ3v) is 6.64. The van der Waals surface area contributed by atoms with Crippen molar-refractivity contribution in [1.82, 2.24) is 4.90 Å². The van der Waals surface area contributed by atoms with E-state index < -0.39 is 14.8 Å². The van der Waals surface area contributed by atoms with Crippen LogP contribution in [0.25, 0.3) is 0 Å². The highest BCUT2D eigenvalue weighted by atomic mass is 32.2. The van der Waals surface area contributed by atoms with Crippen LogP contribution >= 0.6 is 0 Å². The van der Waals surface area contributed by atoms with Crippen molar-refractivity contribution in [1.29, 1.82) is 0 Å². The average Bonchev–Trinajstić information content (AvgIpc) is 2.62. The minimum Gasteiger partial charge on any atom is -0.369 e. The number of sulfone groups is 1. The van der Waals surface area contributed by atoms with Crippen molar-refractivity contribution in [2.45, 2.75) is 37.0 Å². The Morgan fingerprint density at radius 3 is 2.35 bits per heavy atom. The van der Waals surface area contributed by atoms with Crippen LogP contribution in [0.15, 0.2) is 23.1 Å². The number of hydrogen-bond acceptors (Lipinski definition) is 6. The summed E-state index contributed by atoms with van der Waals surface area (Å²) in [6.07, 6.45) is 7.75. The van der Waals surface area contributed by atoms with Crippen molar-refractivity contribution in [3.8, 4) is 0 Å². The lowest BCUT2D eigenvalue weighted by atomic mass is 9.89. The van der Waals surface area contributed by atoms with Gasteiger partial charge in [-0.05, 0) is 30.9 Å². The summed E-state index contributed by atoms with van der Waals surface area (Å²) < 4.78 is 23.9. The standard InChI is InChI=1S/C18H27N3O4S/c1-26(24,25)18-13-16(7-8-17(18)21(22)23)20-11-9-19(10-12-20)14-15-5-3-2-4-6-15/h7-8,13,15H,2-6,9-12,14H2,1H3. The highest BCUT2D eigenvalue weighted by Crippen LogP contribution is 2.30. The van der Waals surface area contributed by atoms with Crippen molar-refractivity contribution in [3.05, 3.63) is 28.3 Å². The highest BCUT2D eigenvalue weighted by Gasteiger charge is 2.26. The molecule has 0 unspecified atom stereocenters. The van der Waals surface area contributed by atoms with Crippen molar-refractivity contribution in [3.63, 3.8) is 0 Å². The maximum atomic E-state index is 11.9. The van der Waals surface area contributed by atoms with Crippen LogP contribution in [0, 0.1) is 16.0 Å². The fraction of sp³-hybridized carbons (Fsp3) is 0.667. The topological polar surface area (TPSA) is 83.8 Å². The second-order valence-corrected chi connectivity index (χ2v) is 9.46. The summed E-state index contributed by atoms with van der Waals surface area (Å²) in [6, 6.07) is 4.41. The maximum Gasteiger partial charge on any atom is 0.288 e. The monoisotopic (exact) mass is 381 g/mol. The second kappa shape index (κ2) is 7.92. The molecule has 0 spiro atoms. The van der Waals surface area contributed by atoms with Crippen molar-refractivity contribution < 1.29 is 13.3 Å². The van der Waals surface area contributed by atoms with Crippen LogP contribution in [0.2, 0.25) is 0 Å². The SMILES string of the molecule is CS(=O)(=O)c1cc(N2CCN(CC3CCCCC3)CC2)ccc1[N+](=O)[O-]. The van der Waals surface area contributed by atoms with Gasteiger partial charge in [0.05, 0.1) is 4.92 Å². The third kappa shape index (κ3) is 4.54. The van der Waals surface area contributed by atoms with E-state index >= 15 is 0 Å². The number of nitro groups is 1. The second-order valence-electron chi connectivity index (χ2n) is 7.47. The number of anilines is 1. The van der Waals surface area contributed by atoms with Gasteiger partial charge in [0.25, 0.3) is 5.69 Å². The quantitative estimate of drug-likeness (QED) is 0.576. The van der Waals surface area contributed by atoms with Crippen molar-refractivity contribution in [2.75, 3.05) is 43.9 Å². The molecule has 1 saturated heterocycles. The van der Waals surface area contributed by atoms with E-state index in [-0.39, 0.29) is 10.6 Å². The Morgan fingerprint density at radius 2 is 1.77 bits per heavy atom. The molecule has 0 amide bonds. The fourth-order valence-electron chi connectivity index (χ4n) is 4.07. The fourth-order valence-corrected chi connectivity index (χ4v) is 4.93. The van der Waals surface area contributed by atoms with Gasteiger partial charge < -0.3 is 4.90 Å². The molecule has 26 heavy (non-hydrogen) atoms. The van der Waals surface area contributed by atoms with Crippen molar-refractivity contribution in [2.24, 2.45) is 5.92 Å². The average molecular weight is 381 g/mol. The molecule has 1 heterocycles. The van der Waals surface area contributed by atoms with E-state index in [0.717, 1.165) is 50.6 Å². The zero-order valence-corrected chi connectivity index (χ0v) is 16.1. The predicted molar refractivity (Wildman–Crippen MR) is 101 cm³/mol. The number of benzene rings is 1. The Labute approximate surface area is 155 Å². The first-order valence-corrected chi connectivity index (χ1v) is 11.2. The molecule has 0 atom stereocenters. The van der Waals surface area contributed by atoms with Crippen LogP contribution in [0.5, 0.6) is 0 Å². The van der Waals surface area contributed by atoms with Crippen LogP contribution in [0.3, 0.4) is 0 Å². The lowest BCUT2D eigenvalue weighted by Gasteiger charge is -2.38. The van der Waals surface area contributed by atoms with Crippen LogP contribution in [0.1, 0.15) is 32.1 Å². The zero-order valence-electron chi connectivity index (χ0n) is 15.3. The Morgan fingerprint density at radius 1 is 1.12 bits per heavy atom. The molecule has 144 valence electrons. The van der Waals surface area contributed by atoms with Crippen LogP contribution in [-0.2, 0) is 9.84 Å². The molecule has 3 rings (SSSR count).